The van der Waals surface area contributed by atoms with Crippen LogP contribution in [0.4, 0.5) is 5.69 Å². The number of non-ortho nitro benzene ring substituents is 1. The summed E-state index contributed by atoms with van der Waals surface area (Å²) in [4.78, 5) is 79.2. The summed E-state index contributed by atoms with van der Waals surface area (Å²) in [5, 5.41) is 44.6. The molecule has 0 aromatic heterocycles. The van der Waals surface area contributed by atoms with Crippen molar-refractivity contribution in [2.24, 2.45) is 0 Å². The molecule has 1 aromatic rings. The normalized spacial score (nSPS) is 12.0. The van der Waals surface area contributed by atoms with E-state index in [1.165, 1.54) is 24.3 Å². The molecule has 15 nitrogen and oxygen atoms in total. The molecule has 0 unspecified atom stereocenters. The van der Waals surface area contributed by atoms with Gasteiger partial charge in [-0.25, -0.2) is 9.59 Å². The van der Waals surface area contributed by atoms with E-state index in [9.17, 15) is 44.0 Å². The third-order valence-corrected chi connectivity index (χ3v) is 5.51. The van der Waals surface area contributed by atoms with Crippen molar-refractivity contribution in [3.8, 4) is 0 Å². The first-order valence-corrected chi connectivity index (χ1v) is 12.2. The highest BCUT2D eigenvalue weighted by atomic mass is 16.6. The molecule has 214 valence electrons. The maximum Gasteiger partial charge on any atom is 0.326 e. The lowest BCUT2D eigenvalue weighted by molar-refractivity contribution is -0.384. The summed E-state index contributed by atoms with van der Waals surface area (Å²) in [6.45, 7) is 0.410. The predicted octanol–water partition coefficient (Wildman–Crippen LogP) is 1.06. The number of carbonyl (C=O) groups excluding carboxylic acids is 3. The van der Waals surface area contributed by atoms with Crippen molar-refractivity contribution >= 4 is 41.3 Å². The van der Waals surface area contributed by atoms with Gasteiger partial charge in [0.25, 0.3) is 11.6 Å². The standard InChI is InChI=1S/C24H32N4O11/c29-19(26-17(23(34)35)11-12-20(30)27-18(24(36)37)14-21(31)32)6-4-2-1-3-5-13-25-22(33)15-7-9-16(10-8-15)28(38)39/h7-10,17-18H,1-6,11-14H2,(H,25,33)(H,26,29)(H,27,30)(H,31,32)(H,34,35)(H,36,37)/t17-,18-/m0/s1. The van der Waals surface area contributed by atoms with Crippen LogP contribution in [0.3, 0.4) is 0 Å². The van der Waals surface area contributed by atoms with E-state index in [2.05, 4.69) is 10.6 Å². The number of unbranched alkanes of at least 4 members (excludes halogenated alkanes) is 4. The van der Waals surface area contributed by atoms with Crippen LogP contribution in [0.1, 0.15) is 68.1 Å². The summed E-state index contributed by atoms with van der Waals surface area (Å²) in [6.07, 6.45) is 1.89. The monoisotopic (exact) mass is 552 g/mol. The molecule has 15 heteroatoms. The lowest BCUT2D eigenvalue weighted by atomic mass is 10.1. The second-order valence-corrected chi connectivity index (χ2v) is 8.63. The van der Waals surface area contributed by atoms with Gasteiger partial charge in [0.15, 0.2) is 0 Å². The van der Waals surface area contributed by atoms with E-state index in [1.54, 1.807) is 0 Å². The van der Waals surface area contributed by atoms with Crippen LogP contribution in [0.15, 0.2) is 24.3 Å². The molecule has 39 heavy (non-hydrogen) atoms. The van der Waals surface area contributed by atoms with E-state index in [1.807, 2.05) is 5.32 Å². The highest BCUT2D eigenvalue weighted by molar-refractivity contribution is 5.94. The van der Waals surface area contributed by atoms with Gasteiger partial charge in [0, 0.05) is 37.1 Å². The Balaban J connectivity index is 2.24. The first-order valence-electron chi connectivity index (χ1n) is 12.2. The minimum Gasteiger partial charge on any atom is -0.481 e. The Bertz CT molecular complexity index is 1040. The first kappa shape index (κ1) is 32.5. The summed E-state index contributed by atoms with van der Waals surface area (Å²) in [5.41, 5.74) is 0.210. The Morgan fingerprint density at radius 1 is 0.769 bits per heavy atom. The van der Waals surface area contributed by atoms with Gasteiger partial charge < -0.3 is 31.3 Å². The van der Waals surface area contributed by atoms with Crippen LogP contribution in [0.25, 0.3) is 0 Å². The average Bonchev–Trinajstić information content (AvgIpc) is 2.87. The van der Waals surface area contributed by atoms with Crippen molar-refractivity contribution in [3.05, 3.63) is 39.9 Å². The number of carbonyl (C=O) groups is 6. The maximum atomic E-state index is 12.1. The summed E-state index contributed by atoms with van der Waals surface area (Å²) in [5.74, 6) is -6.05. The fourth-order valence-corrected chi connectivity index (χ4v) is 3.42. The molecule has 1 rings (SSSR count). The van der Waals surface area contributed by atoms with Crippen molar-refractivity contribution in [1.82, 2.24) is 16.0 Å². The van der Waals surface area contributed by atoms with Gasteiger partial charge >= 0.3 is 17.9 Å². The number of nitrogens with zero attached hydrogens (tertiary/aromatic N) is 1. The topological polar surface area (TPSA) is 242 Å². The number of aliphatic carboxylic acids is 3. The van der Waals surface area contributed by atoms with Crippen molar-refractivity contribution in [1.29, 1.82) is 0 Å². The van der Waals surface area contributed by atoms with Gasteiger partial charge in [0.2, 0.25) is 11.8 Å². The van der Waals surface area contributed by atoms with Gasteiger partial charge in [-0.3, -0.25) is 29.3 Å². The number of hydrogen-bond acceptors (Lipinski definition) is 8. The summed E-state index contributed by atoms with van der Waals surface area (Å²) in [7, 11) is 0. The van der Waals surface area contributed by atoms with Gasteiger partial charge in [-0.15, -0.1) is 0 Å². The SMILES string of the molecule is O=C(O)C[C@H](NC(=O)CC[C@H](NC(=O)CCCCCCCNC(=O)c1ccc([N+](=O)[O-])cc1)C(=O)O)C(=O)O. The number of benzene rings is 1. The number of amides is 3. The zero-order chi connectivity index (χ0) is 29.4. The number of rotatable bonds is 19. The molecule has 0 spiro atoms. The number of hydrogen-bond donors (Lipinski definition) is 6. The molecule has 0 saturated carbocycles. The highest BCUT2D eigenvalue weighted by Crippen LogP contribution is 2.12. The molecule has 3 amide bonds. The molecule has 0 saturated heterocycles. The molecule has 0 aliphatic carbocycles. The number of nitro benzene ring substituents is 1. The number of carboxylic acid groups (broad SMARTS) is 3. The summed E-state index contributed by atoms with van der Waals surface area (Å²) < 4.78 is 0. The molecule has 1 aromatic carbocycles. The Hall–Kier alpha value is -4.56. The van der Waals surface area contributed by atoms with Crippen LogP contribution in [0.5, 0.6) is 0 Å². The Morgan fingerprint density at radius 3 is 1.87 bits per heavy atom. The van der Waals surface area contributed by atoms with E-state index in [0.29, 0.717) is 31.4 Å². The van der Waals surface area contributed by atoms with Crippen LogP contribution in [-0.2, 0) is 24.0 Å². The number of nitro groups is 1. The Kier molecular flexibility index (Phi) is 14.2. The van der Waals surface area contributed by atoms with Gasteiger partial charge in [0.05, 0.1) is 11.3 Å². The van der Waals surface area contributed by atoms with Crippen molar-refractivity contribution < 1.29 is 49.0 Å². The first-order chi connectivity index (χ1) is 18.4. The van der Waals surface area contributed by atoms with Crippen molar-refractivity contribution in [3.63, 3.8) is 0 Å². The smallest absolute Gasteiger partial charge is 0.326 e. The van der Waals surface area contributed by atoms with Crippen LogP contribution in [0.2, 0.25) is 0 Å². The Morgan fingerprint density at radius 2 is 1.31 bits per heavy atom. The van der Waals surface area contributed by atoms with Crippen LogP contribution < -0.4 is 16.0 Å². The molecule has 0 aliphatic rings. The number of nitrogens with one attached hydrogen (secondary N) is 3. The molecule has 0 radical (unpaired) electrons. The van der Waals surface area contributed by atoms with E-state index < -0.39 is 59.6 Å². The molecule has 0 fully saturated rings. The van der Waals surface area contributed by atoms with Crippen molar-refractivity contribution in [2.75, 3.05) is 6.54 Å². The van der Waals surface area contributed by atoms with Crippen LogP contribution >= 0.6 is 0 Å². The second-order valence-electron chi connectivity index (χ2n) is 8.63. The second kappa shape index (κ2) is 17.0. The molecule has 2 atom stereocenters. The molecule has 0 heterocycles. The van der Waals surface area contributed by atoms with Crippen molar-refractivity contribution in [2.45, 2.75) is 69.9 Å². The minimum atomic E-state index is -1.65. The van der Waals surface area contributed by atoms with E-state index in [0.717, 1.165) is 12.8 Å². The van der Waals surface area contributed by atoms with Gasteiger partial charge in [-0.05, 0) is 31.4 Å². The molecule has 0 aliphatic heterocycles. The largest absolute Gasteiger partial charge is 0.481 e. The van der Waals surface area contributed by atoms with Crippen LogP contribution in [-0.4, -0.2) is 74.5 Å². The van der Waals surface area contributed by atoms with E-state index in [4.69, 9.17) is 10.2 Å². The minimum absolute atomic E-state index is 0.0621. The lowest BCUT2D eigenvalue weighted by Gasteiger charge is -2.16. The lowest BCUT2D eigenvalue weighted by Crippen LogP contribution is -2.44. The van der Waals surface area contributed by atoms with Gasteiger partial charge in [-0.1, -0.05) is 19.3 Å². The van der Waals surface area contributed by atoms with Gasteiger partial charge in [0.1, 0.15) is 12.1 Å². The number of carboxylic acids is 3. The van der Waals surface area contributed by atoms with E-state index in [-0.39, 0.29) is 24.4 Å². The zero-order valence-corrected chi connectivity index (χ0v) is 21.1. The quantitative estimate of drug-likeness (QED) is 0.0804. The summed E-state index contributed by atoms with van der Waals surface area (Å²) >= 11 is 0. The molecule has 6 N–H and O–H groups in total. The fraction of sp³-hybridized carbons (Fsp3) is 0.500. The van der Waals surface area contributed by atoms with Crippen LogP contribution in [0, 0.1) is 10.1 Å². The zero-order valence-electron chi connectivity index (χ0n) is 21.1. The molecular weight excluding hydrogens is 520 g/mol. The molecular formula is C24H32N4O11. The Labute approximate surface area is 223 Å². The summed E-state index contributed by atoms with van der Waals surface area (Å²) in [6, 6.07) is 2.23. The maximum absolute atomic E-state index is 12.1. The van der Waals surface area contributed by atoms with E-state index >= 15 is 0 Å². The predicted molar refractivity (Wildman–Crippen MR) is 134 cm³/mol. The third kappa shape index (κ3) is 13.5. The third-order valence-electron chi connectivity index (χ3n) is 5.51. The fourth-order valence-electron chi connectivity index (χ4n) is 3.42. The average molecular weight is 553 g/mol. The highest BCUT2D eigenvalue weighted by Gasteiger charge is 2.25. The van der Waals surface area contributed by atoms with Gasteiger partial charge in [-0.2, -0.15) is 0 Å². The molecule has 0 bridgehead atoms.